The Morgan fingerprint density at radius 2 is 1.74 bits per heavy atom. The van der Waals surface area contributed by atoms with Gasteiger partial charge in [0.05, 0.1) is 25.6 Å². The van der Waals surface area contributed by atoms with E-state index < -0.39 is 5.97 Å². The summed E-state index contributed by atoms with van der Waals surface area (Å²) in [6, 6.07) is 11.0. The van der Waals surface area contributed by atoms with Crippen molar-refractivity contribution in [1.82, 2.24) is 4.98 Å². The van der Waals surface area contributed by atoms with Gasteiger partial charge in [-0.1, -0.05) is 18.2 Å². The molecule has 0 aliphatic carbocycles. The number of aromatic nitrogens is 1. The van der Waals surface area contributed by atoms with E-state index in [0.717, 1.165) is 16.8 Å². The number of rotatable bonds is 6. The first-order valence-corrected chi connectivity index (χ1v) is 11.3. The van der Waals surface area contributed by atoms with Crippen LogP contribution in [-0.4, -0.2) is 37.0 Å². The van der Waals surface area contributed by atoms with Gasteiger partial charge in [-0.25, -0.2) is 14.8 Å². The summed E-state index contributed by atoms with van der Waals surface area (Å²) in [5.41, 5.74) is 3.88. The third kappa shape index (κ3) is 4.55. The molecule has 0 unspecified atom stereocenters. The van der Waals surface area contributed by atoms with Crippen molar-refractivity contribution in [1.29, 1.82) is 0 Å². The van der Waals surface area contributed by atoms with Crippen LogP contribution < -0.4 is 14.4 Å². The molecule has 1 aliphatic rings. The van der Waals surface area contributed by atoms with Gasteiger partial charge in [-0.15, -0.1) is 11.3 Å². The molecule has 0 saturated heterocycles. The molecule has 0 atom stereocenters. The Morgan fingerprint density at radius 1 is 1.09 bits per heavy atom. The third-order valence-corrected chi connectivity index (χ3v) is 6.03. The number of hydrogen-bond acceptors (Lipinski definition) is 8. The Morgan fingerprint density at radius 3 is 2.32 bits per heavy atom. The lowest BCUT2D eigenvalue weighted by molar-refractivity contribution is -0.130. The van der Waals surface area contributed by atoms with E-state index >= 15 is 0 Å². The van der Waals surface area contributed by atoms with Crippen molar-refractivity contribution in [3.63, 3.8) is 0 Å². The van der Waals surface area contributed by atoms with Crippen LogP contribution in [0.15, 0.2) is 52.5 Å². The molecule has 0 N–H and O–H groups in total. The van der Waals surface area contributed by atoms with Crippen molar-refractivity contribution in [3.05, 3.63) is 69.9 Å². The molecule has 2 heterocycles. The van der Waals surface area contributed by atoms with Gasteiger partial charge < -0.3 is 14.2 Å². The van der Waals surface area contributed by atoms with Crippen LogP contribution in [0.1, 0.15) is 29.3 Å². The third-order valence-electron chi connectivity index (χ3n) is 5.18. The van der Waals surface area contributed by atoms with Gasteiger partial charge in [-0.05, 0) is 43.2 Å². The lowest BCUT2D eigenvalue weighted by atomic mass is 10.1. The van der Waals surface area contributed by atoms with E-state index in [1.165, 1.54) is 38.6 Å². The smallest absolute Gasteiger partial charge is 0.363 e. The lowest BCUT2D eigenvalue weighted by Gasteiger charge is -2.22. The second kappa shape index (κ2) is 9.48. The number of aryl methyl sites for hydroxylation is 2. The number of esters is 1. The fourth-order valence-corrected chi connectivity index (χ4v) is 4.43. The minimum Gasteiger partial charge on any atom is -0.497 e. The fourth-order valence-electron chi connectivity index (χ4n) is 3.59. The molecule has 9 heteroatoms. The summed E-state index contributed by atoms with van der Waals surface area (Å²) in [7, 11) is 3.07. The number of carbonyl (C=O) groups excluding carboxylic acids is 2. The first-order valence-electron chi connectivity index (χ1n) is 10.4. The van der Waals surface area contributed by atoms with Crippen LogP contribution in [-0.2, 0) is 14.3 Å². The number of hydrogen-bond donors (Lipinski definition) is 0. The Bertz CT molecular complexity index is 1300. The average molecular weight is 478 g/mol. The molecule has 0 saturated carbocycles. The van der Waals surface area contributed by atoms with Crippen LogP contribution in [0.3, 0.4) is 0 Å². The SMILES string of the molecule is COc1cc(OC)cc(C2=NC(=Cc3csc(N(C(C)=O)c4c(C)cccc4C)n3)C(=O)O2)c1. The van der Waals surface area contributed by atoms with Crippen molar-refractivity contribution in [3.8, 4) is 11.5 Å². The molecule has 2 aromatic carbocycles. The van der Waals surface area contributed by atoms with Crippen molar-refractivity contribution in [2.75, 3.05) is 19.1 Å². The number of benzene rings is 2. The summed E-state index contributed by atoms with van der Waals surface area (Å²) in [5, 5.41) is 2.27. The largest absolute Gasteiger partial charge is 0.497 e. The molecule has 1 aromatic heterocycles. The summed E-state index contributed by atoms with van der Waals surface area (Å²) in [6.07, 6.45) is 1.54. The summed E-state index contributed by atoms with van der Waals surface area (Å²) < 4.78 is 15.9. The van der Waals surface area contributed by atoms with Crippen LogP contribution in [0.4, 0.5) is 10.8 Å². The maximum Gasteiger partial charge on any atom is 0.363 e. The molecule has 0 spiro atoms. The molecule has 1 amide bonds. The number of anilines is 2. The first kappa shape index (κ1) is 23.2. The molecule has 1 aliphatic heterocycles. The van der Waals surface area contributed by atoms with Gasteiger partial charge >= 0.3 is 5.97 Å². The highest BCUT2D eigenvalue weighted by Crippen LogP contribution is 2.34. The van der Waals surface area contributed by atoms with E-state index in [4.69, 9.17) is 14.2 Å². The number of ether oxygens (including phenoxy) is 3. The van der Waals surface area contributed by atoms with Gasteiger partial charge in [-0.3, -0.25) is 9.69 Å². The second-order valence-corrected chi connectivity index (χ2v) is 8.42. The first-order chi connectivity index (χ1) is 16.3. The van der Waals surface area contributed by atoms with Gasteiger partial charge in [-0.2, -0.15) is 0 Å². The second-order valence-electron chi connectivity index (χ2n) is 7.59. The number of nitrogens with zero attached hydrogens (tertiary/aromatic N) is 3. The van der Waals surface area contributed by atoms with Gasteiger partial charge in [0, 0.05) is 23.9 Å². The predicted molar refractivity (Wildman–Crippen MR) is 131 cm³/mol. The van der Waals surface area contributed by atoms with Crippen molar-refractivity contribution >= 4 is 46.0 Å². The zero-order chi connectivity index (χ0) is 24.4. The van der Waals surface area contributed by atoms with Crippen LogP contribution in [0.2, 0.25) is 0 Å². The number of methoxy groups -OCH3 is 2. The molecular weight excluding hydrogens is 454 g/mol. The van der Waals surface area contributed by atoms with E-state index in [9.17, 15) is 9.59 Å². The molecule has 0 radical (unpaired) electrons. The number of para-hydroxylation sites is 1. The van der Waals surface area contributed by atoms with Crippen LogP contribution in [0, 0.1) is 13.8 Å². The Labute approximate surface area is 201 Å². The minimum absolute atomic E-state index is 0.107. The zero-order valence-electron chi connectivity index (χ0n) is 19.4. The van der Waals surface area contributed by atoms with Gasteiger partial charge in [0.15, 0.2) is 10.8 Å². The number of amides is 1. The van der Waals surface area contributed by atoms with Gasteiger partial charge in [0.2, 0.25) is 11.8 Å². The van der Waals surface area contributed by atoms with Gasteiger partial charge in [0.1, 0.15) is 11.5 Å². The normalized spacial score (nSPS) is 14.1. The molecule has 8 nitrogen and oxygen atoms in total. The summed E-state index contributed by atoms with van der Waals surface area (Å²) in [6.45, 7) is 5.40. The standard InChI is InChI=1S/C25H23N3O5S/c1-14-7-6-8-15(2)22(14)28(16(3)29)25-26-18(13-34-25)11-21-24(30)33-23(27-21)17-9-19(31-4)12-20(10-17)32-5/h6-13H,1-5H3. The fraction of sp³-hybridized carbons (Fsp3) is 0.200. The molecule has 174 valence electrons. The maximum atomic E-state index is 12.5. The summed E-state index contributed by atoms with van der Waals surface area (Å²) in [4.78, 5) is 35.5. The van der Waals surface area contributed by atoms with Gasteiger partial charge in [0.25, 0.3) is 0 Å². The molecule has 34 heavy (non-hydrogen) atoms. The number of aliphatic imine (C=N–C) groups is 1. The van der Waals surface area contributed by atoms with E-state index in [-0.39, 0.29) is 17.5 Å². The monoisotopic (exact) mass is 477 g/mol. The summed E-state index contributed by atoms with van der Waals surface area (Å²) in [5.74, 6) is 0.490. The molecule has 3 aromatic rings. The van der Waals surface area contributed by atoms with Crippen LogP contribution in [0.5, 0.6) is 11.5 Å². The van der Waals surface area contributed by atoms with E-state index in [1.807, 2.05) is 32.0 Å². The van der Waals surface area contributed by atoms with E-state index in [0.29, 0.717) is 27.9 Å². The highest BCUT2D eigenvalue weighted by atomic mass is 32.1. The Hall–Kier alpha value is -3.98. The van der Waals surface area contributed by atoms with Crippen LogP contribution in [0.25, 0.3) is 6.08 Å². The minimum atomic E-state index is -0.593. The highest BCUT2D eigenvalue weighted by Gasteiger charge is 2.26. The number of carbonyl (C=O) groups is 2. The molecule has 0 fully saturated rings. The van der Waals surface area contributed by atoms with E-state index in [1.54, 1.807) is 28.5 Å². The molecule has 4 rings (SSSR count). The molecule has 0 bridgehead atoms. The van der Waals surface area contributed by atoms with Crippen molar-refractivity contribution < 1.29 is 23.8 Å². The average Bonchev–Trinajstić information content (AvgIpc) is 3.42. The number of cyclic esters (lactones) is 1. The Balaban J connectivity index is 1.67. The maximum absolute atomic E-state index is 12.5. The highest BCUT2D eigenvalue weighted by molar-refractivity contribution is 7.14. The quantitative estimate of drug-likeness (QED) is 0.374. The summed E-state index contributed by atoms with van der Waals surface area (Å²) >= 11 is 1.31. The molecular formula is C25H23N3O5S. The lowest BCUT2D eigenvalue weighted by Crippen LogP contribution is -2.24. The topological polar surface area (TPSA) is 90.3 Å². The predicted octanol–water partition coefficient (Wildman–Crippen LogP) is 4.81. The van der Waals surface area contributed by atoms with E-state index in [2.05, 4.69) is 9.98 Å². The van der Waals surface area contributed by atoms with Crippen LogP contribution >= 0.6 is 11.3 Å². The Kier molecular flexibility index (Phi) is 6.47. The van der Waals surface area contributed by atoms with Crippen molar-refractivity contribution in [2.24, 2.45) is 4.99 Å². The van der Waals surface area contributed by atoms with Crippen molar-refractivity contribution in [2.45, 2.75) is 20.8 Å². The number of thiazole rings is 1. The zero-order valence-corrected chi connectivity index (χ0v) is 20.2.